The van der Waals surface area contributed by atoms with Gasteiger partial charge in [0.15, 0.2) is 0 Å². The van der Waals surface area contributed by atoms with Crippen LogP contribution in [0.15, 0.2) is 83.5 Å². The van der Waals surface area contributed by atoms with Gasteiger partial charge in [0.1, 0.15) is 17.3 Å². The van der Waals surface area contributed by atoms with Crippen molar-refractivity contribution in [2.75, 3.05) is 36.4 Å². The van der Waals surface area contributed by atoms with Gasteiger partial charge in [-0.05, 0) is 49.2 Å². The Bertz CT molecular complexity index is 1430. The maximum Gasteiger partial charge on any atom is 0.283 e. The first kappa shape index (κ1) is 25.7. The molecule has 0 unspecified atom stereocenters. The molecule has 38 heavy (non-hydrogen) atoms. The molecule has 0 radical (unpaired) electrons. The second kappa shape index (κ2) is 10.8. The van der Waals surface area contributed by atoms with Crippen molar-refractivity contribution >= 4 is 40.7 Å². The molecule has 0 saturated carbocycles. The van der Waals surface area contributed by atoms with Gasteiger partial charge in [0.2, 0.25) is 0 Å². The summed E-state index contributed by atoms with van der Waals surface area (Å²) in [7, 11) is 0. The SMILES string of the molecule is Cc1cccc(N2C(=O)C(Cl)=C(Nc3cccc(C(=O)N4CC[NH+](Cc5ccccc5)CC4)c3)C2=O)c1C. The van der Waals surface area contributed by atoms with Crippen molar-refractivity contribution in [2.45, 2.75) is 20.4 Å². The Morgan fingerprint density at radius 1 is 0.921 bits per heavy atom. The topological polar surface area (TPSA) is 74.2 Å². The van der Waals surface area contributed by atoms with Crippen molar-refractivity contribution in [3.8, 4) is 0 Å². The zero-order valence-electron chi connectivity index (χ0n) is 21.5. The average Bonchev–Trinajstić information content (AvgIpc) is 3.14. The number of nitrogens with zero attached hydrogens (tertiary/aromatic N) is 2. The van der Waals surface area contributed by atoms with Crippen LogP contribution in [0.2, 0.25) is 0 Å². The Labute approximate surface area is 227 Å². The summed E-state index contributed by atoms with van der Waals surface area (Å²) >= 11 is 6.33. The molecule has 1 fully saturated rings. The molecule has 194 valence electrons. The zero-order chi connectivity index (χ0) is 26.8. The maximum atomic E-state index is 13.3. The van der Waals surface area contributed by atoms with E-state index in [0.29, 0.717) is 30.0 Å². The van der Waals surface area contributed by atoms with Gasteiger partial charge in [-0.15, -0.1) is 0 Å². The minimum atomic E-state index is -0.573. The number of hydrogen-bond acceptors (Lipinski definition) is 4. The number of piperazine rings is 1. The third kappa shape index (κ3) is 5.08. The second-order valence-corrected chi connectivity index (χ2v) is 10.1. The maximum absolute atomic E-state index is 13.3. The molecule has 0 atom stereocenters. The molecule has 2 heterocycles. The van der Waals surface area contributed by atoms with E-state index < -0.39 is 11.8 Å². The minimum absolute atomic E-state index is 0.000276. The first-order chi connectivity index (χ1) is 18.3. The summed E-state index contributed by atoms with van der Waals surface area (Å²) in [6.07, 6.45) is 0. The van der Waals surface area contributed by atoms with Crippen molar-refractivity contribution in [3.63, 3.8) is 0 Å². The van der Waals surface area contributed by atoms with Gasteiger partial charge in [-0.3, -0.25) is 14.4 Å². The fourth-order valence-electron chi connectivity index (χ4n) is 4.95. The summed E-state index contributed by atoms with van der Waals surface area (Å²) in [6, 6.07) is 22.8. The van der Waals surface area contributed by atoms with Gasteiger partial charge in [0.05, 0.1) is 31.9 Å². The van der Waals surface area contributed by atoms with E-state index in [1.165, 1.54) is 10.5 Å². The van der Waals surface area contributed by atoms with Crippen LogP contribution in [0.25, 0.3) is 0 Å². The monoisotopic (exact) mass is 529 g/mol. The summed E-state index contributed by atoms with van der Waals surface area (Å²) in [6.45, 7) is 7.84. The highest BCUT2D eigenvalue weighted by Crippen LogP contribution is 2.33. The van der Waals surface area contributed by atoms with Crippen LogP contribution in [-0.2, 0) is 16.1 Å². The Morgan fingerprint density at radius 3 is 2.37 bits per heavy atom. The molecular formula is C30H30ClN4O3+. The Hall–Kier alpha value is -3.94. The summed E-state index contributed by atoms with van der Waals surface area (Å²) < 4.78 is 0. The lowest BCUT2D eigenvalue weighted by molar-refractivity contribution is -0.917. The van der Waals surface area contributed by atoms with Gasteiger partial charge in [0.25, 0.3) is 17.7 Å². The number of benzene rings is 3. The molecule has 2 N–H and O–H groups in total. The Kier molecular flexibility index (Phi) is 7.31. The van der Waals surface area contributed by atoms with Crippen molar-refractivity contribution < 1.29 is 19.3 Å². The van der Waals surface area contributed by atoms with Gasteiger partial charge in [-0.25, -0.2) is 4.90 Å². The minimum Gasteiger partial charge on any atom is -0.350 e. The molecule has 3 aromatic rings. The molecule has 0 bridgehead atoms. The number of rotatable bonds is 6. The van der Waals surface area contributed by atoms with Crippen LogP contribution >= 0.6 is 11.6 Å². The van der Waals surface area contributed by atoms with E-state index in [-0.39, 0.29) is 16.6 Å². The molecule has 3 aromatic carbocycles. The van der Waals surface area contributed by atoms with Crippen molar-refractivity contribution in [1.82, 2.24) is 4.90 Å². The quantitative estimate of drug-likeness (QED) is 0.481. The third-order valence-corrected chi connectivity index (χ3v) is 7.63. The van der Waals surface area contributed by atoms with Crippen molar-refractivity contribution in [3.05, 3.63) is 106 Å². The van der Waals surface area contributed by atoms with Crippen LogP contribution in [0, 0.1) is 13.8 Å². The van der Waals surface area contributed by atoms with Crippen LogP contribution in [-0.4, -0.2) is 48.8 Å². The molecule has 5 rings (SSSR count). The molecule has 2 aliphatic rings. The van der Waals surface area contributed by atoms with E-state index in [1.54, 1.807) is 36.4 Å². The highest BCUT2D eigenvalue weighted by molar-refractivity contribution is 6.53. The van der Waals surface area contributed by atoms with Gasteiger partial charge < -0.3 is 15.1 Å². The molecule has 0 spiro atoms. The van der Waals surface area contributed by atoms with Gasteiger partial charge in [0, 0.05) is 16.8 Å². The molecule has 3 amide bonds. The molecular weight excluding hydrogens is 500 g/mol. The smallest absolute Gasteiger partial charge is 0.283 e. The largest absolute Gasteiger partial charge is 0.350 e. The van der Waals surface area contributed by atoms with Gasteiger partial charge in [-0.2, -0.15) is 0 Å². The lowest BCUT2D eigenvalue weighted by Crippen LogP contribution is -3.13. The van der Waals surface area contributed by atoms with Gasteiger partial charge in [-0.1, -0.05) is 60.1 Å². The fraction of sp³-hybridized carbons (Fsp3) is 0.233. The summed E-state index contributed by atoms with van der Waals surface area (Å²) in [4.78, 5) is 43.8. The molecule has 7 nitrogen and oxygen atoms in total. The Morgan fingerprint density at radius 2 is 1.63 bits per heavy atom. The number of imide groups is 1. The highest BCUT2D eigenvalue weighted by Gasteiger charge is 2.39. The van der Waals surface area contributed by atoms with Crippen molar-refractivity contribution in [1.29, 1.82) is 0 Å². The van der Waals surface area contributed by atoms with Crippen LogP contribution in [0.1, 0.15) is 27.0 Å². The first-order valence-electron chi connectivity index (χ1n) is 12.7. The number of carbonyl (C=O) groups is 3. The third-order valence-electron chi connectivity index (χ3n) is 7.28. The zero-order valence-corrected chi connectivity index (χ0v) is 22.2. The molecule has 1 saturated heterocycles. The summed E-state index contributed by atoms with van der Waals surface area (Å²) in [5.41, 5.74) is 4.63. The number of nitrogens with one attached hydrogen (secondary N) is 2. The van der Waals surface area contributed by atoms with Crippen LogP contribution in [0.4, 0.5) is 11.4 Å². The second-order valence-electron chi connectivity index (χ2n) is 9.76. The average molecular weight is 530 g/mol. The number of aryl methyl sites for hydroxylation is 1. The highest BCUT2D eigenvalue weighted by atomic mass is 35.5. The molecule has 8 heteroatoms. The molecule has 2 aliphatic heterocycles. The first-order valence-corrected chi connectivity index (χ1v) is 13.1. The number of halogens is 1. The standard InChI is InChI=1S/C30H29ClN4O3/c1-20-8-6-13-25(21(20)2)35-29(37)26(31)27(30(35)38)32-24-12-7-11-23(18-24)28(36)34-16-14-33(15-17-34)19-22-9-4-3-5-10-22/h3-13,18,32H,14-17,19H2,1-2H3/p+1. The van der Waals surface area contributed by atoms with E-state index in [9.17, 15) is 14.4 Å². The Balaban J connectivity index is 1.26. The number of anilines is 2. The number of quaternary nitrogens is 1. The van der Waals surface area contributed by atoms with Crippen LogP contribution in [0.5, 0.6) is 0 Å². The van der Waals surface area contributed by atoms with Gasteiger partial charge >= 0.3 is 0 Å². The van der Waals surface area contributed by atoms with E-state index >= 15 is 0 Å². The fourth-order valence-corrected chi connectivity index (χ4v) is 5.16. The predicted molar refractivity (Wildman–Crippen MR) is 148 cm³/mol. The van der Waals surface area contributed by atoms with E-state index in [4.69, 9.17) is 11.6 Å². The lowest BCUT2D eigenvalue weighted by atomic mass is 10.1. The normalized spacial score (nSPS) is 16.4. The van der Waals surface area contributed by atoms with Crippen molar-refractivity contribution in [2.24, 2.45) is 0 Å². The summed E-state index contributed by atoms with van der Waals surface area (Å²) in [5, 5.41) is 2.82. The molecule has 0 aromatic heterocycles. The van der Waals surface area contributed by atoms with Crippen LogP contribution in [0.3, 0.4) is 0 Å². The number of amides is 3. The number of hydrogen-bond donors (Lipinski definition) is 2. The summed E-state index contributed by atoms with van der Waals surface area (Å²) in [5.74, 6) is -1.16. The number of carbonyl (C=O) groups excluding carboxylic acids is 3. The van der Waals surface area contributed by atoms with Crippen LogP contribution < -0.4 is 15.1 Å². The lowest BCUT2D eigenvalue weighted by Gasteiger charge is -2.32. The molecule has 0 aliphatic carbocycles. The predicted octanol–water partition coefficient (Wildman–Crippen LogP) is 3.28. The van der Waals surface area contributed by atoms with E-state index in [0.717, 1.165) is 35.7 Å². The van der Waals surface area contributed by atoms with E-state index in [1.807, 2.05) is 30.9 Å². The van der Waals surface area contributed by atoms with E-state index in [2.05, 4.69) is 29.6 Å².